The first-order chi connectivity index (χ1) is 4.85. The van der Waals surface area contributed by atoms with Crippen LogP contribution in [-0.4, -0.2) is 5.11 Å². The number of rotatable bonds is 6. The van der Waals surface area contributed by atoms with E-state index in [1.165, 1.54) is 32.3 Å². The molecule has 1 N–H and O–H groups in total. The van der Waals surface area contributed by atoms with Crippen LogP contribution in [0.25, 0.3) is 0 Å². The summed E-state index contributed by atoms with van der Waals surface area (Å²) in [6.07, 6.45) is 5.89. The van der Waals surface area contributed by atoms with Gasteiger partial charge in [0, 0.05) is 0 Å². The topological polar surface area (TPSA) is 20.2 Å². The van der Waals surface area contributed by atoms with Gasteiger partial charge in [-0.1, -0.05) is 39.5 Å². The first-order valence-electron chi connectivity index (χ1n) is 4.31. The highest BCUT2D eigenvalue weighted by Crippen LogP contribution is 2.16. The van der Waals surface area contributed by atoms with Crippen molar-refractivity contribution >= 4 is 0 Å². The van der Waals surface area contributed by atoms with E-state index in [1.54, 1.807) is 0 Å². The molecule has 0 aliphatic heterocycles. The van der Waals surface area contributed by atoms with Gasteiger partial charge in [-0.2, -0.15) is 0 Å². The second kappa shape index (κ2) is 7.07. The van der Waals surface area contributed by atoms with Crippen LogP contribution in [0, 0.1) is 12.5 Å². The molecule has 61 valence electrons. The molecule has 0 fully saturated rings. The van der Waals surface area contributed by atoms with E-state index in [2.05, 4.69) is 13.8 Å². The third-order valence-electron chi connectivity index (χ3n) is 1.98. The molecule has 1 atom stereocenters. The van der Waals surface area contributed by atoms with E-state index in [0.717, 1.165) is 6.42 Å². The molecule has 1 nitrogen and oxygen atoms in total. The molecule has 0 heterocycles. The van der Waals surface area contributed by atoms with Gasteiger partial charge in [-0.25, -0.2) is 0 Å². The Morgan fingerprint density at radius 1 is 1.40 bits per heavy atom. The lowest BCUT2D eigenvalue weighted by Gasteiger charge is -2.10. The molecule has 0 amide bonds. The molecule has 0 aromatic heterocycles. The van der Waals surface area contributed by atoms with Crippen LogP contribution in [0.5, 0.6) is 0 Å². The van der Waals surface area contributed by atoms with E-state index < -0.39 is 0 Å². The lowest BCUT2D eigenvalue weighted by molar-refractivity contribution is 0.320. The first-order valence-corrected chi connectivity index (χ1v) is 4.31. The molecule has 0 aromatic rings. The summed E-state index contributed by atoms with van der Waals surface area (Å²) in [6.45, 7) is 5.68. The second-order valence-corrected chi connectivity index (χ2v) is 2.83. The summed E-state index contributed by atoms with van der Waals surface area (Å²) >= 11 is 0. The Hall–Kier alpha value is -0.0400. The van der Waals surface area contributed by atoms with Crippen LogP contribution in [0.1, 0.15) is 46.0 Å². The zero-order chi connectivity index (χ0) is 7.82. The fraction of sp³-hybridized carbons (Fsp3) is 0.889. The summed E-state index contributed by atoms with van der Waals surface area (Å²) in [4.78, 5) is 0. The molecule has 0 saturated carbocycles. The maximum Gasteiger partial charge on any atom is 0.0801 e. The van der Waals surface area contributed by atoms with Gasteiger partial charge in [-0.3, -0.25) is 0 Å². The molecule has 1 unspecified atom stereocenters. The molecule has 0 saturated heterocycles. The van der Waals surface area contributed by atoms with E-state index in [4.69, 9.17) is 5.11 Å². The van der Waals surface area contributed by atoms with Gasteiger partial charge in [0.1, 0.15) is 0 Å². The maximum absolute atomic E-state index is 8.54. The quantitative estimate of drug-likeness (QED) is 0.605. The molecule has 0 bridgehead atoms. The van der Waals surface area contributed by atoms with Gasteiger partial charge >= 0.3 is 0 Å². The van der Waals surface area contributed by atoms with Crippen molar-refractivity contribution in [3.05, 3.63) is 6.61 Å². The SMILES string of the molecule is CCCCC(CC)C[CH]O. The first kappa shape index (κ1) is 9.96. The average Bonchev–Trinajstić information content (AvgIpc) is 1.98. The van der Waals surface area contributed by atoms with Gasteiger partial charge in [-0.15, -0.1) is 0 Å². The lowest BCUT2D eigenvalue weighted by atomic mass is 9.96. The zero-order valence-electron chi connectivity index (χ0n) is 7.14. The Balaban J connectivity index is 3.21. The molecule has 0 spiro atoms. The normalized spacial score (nSPS) is 13.5. The fourth-order valence-electron chi connectivity index (χ4n) is 1.13. The summed E-state index contributed by atoms with van der Waals surface area (Å²) in [7, 11) is 0. The Bertz CT molecular complexity index is 61.7. The number of aliphatic hydroxyl groups excluding tert-OH is 1. The minimum absolute atomic E-state index is 0.713. The highest BCUT2D eigenvalue weighted by molar-refractivity contribution is 4.60. The minimum Gasteiger partial charge on any atom is -0.390 e. The number of unbranched alkanes of at least 4 members (excludes halogenated alkanes) is 1. The van der Waals surface area contributed by atoms with Crippen LogP contribution in [-0.2, 0) is 0 Å². The maximum atomic E-state index is 8.54. The van der Waals surface area contributed by atoms with E-state index in [9.17, 15) is 0 Å². The number of hydrogen-bond acceptors (Lipinski definition) is 1. The van der Waals surface area contributed by atoms with Crippen molar-refractivity contribution in [2.24, 2.45) is 5.92 Å². The van der Waals surface area contributed by atoms with E-state index in [-0.39, 0.29) is 0 Å². The third kappa shape index (κ3) is 4.80. The Kier molecular flexibility index (Phi) is 7.04. The van der Waals surface area contributed by atoms with Gasteiger partial charge < -0.3 is 5.11 Å². The Labute approximate surface area is 64.5 Å². The minimum atomic E-state index is 0.713. The molecule has 0 aliphatic rings. The van der Waals surface area contributed by atoms with Gasteiger partial charge in [0.15, 0.2) is 0 Å². The van der Waals surface area contributed by atoms with Crippen molar-refractivity contribution in [2.75, 3.05) is 0 Å². The van der Waals surface area contributed by atoms with Crippen LogP contribution in [0.15, 0.2) is 0 Å². The summed E-state index contributed by atoms with van der Waals surface area (Å²) in [5.74, 6) is 0.713. The fourth-order valence-corrected chi connectivity index (χ4v) is 1.13. The van der Waals surface area contributed by atoms with Crippen LogP contribution < -0.4 is 0 Å². The van der Waals surface area contributed by atoms with Crippen molar-refractivity contribution in [1.29, 1.82) is 0 Å². The van der Waals surface area contributed by atoms with E-state index in [1.807, 2.05) is 0 Å². The van der Waals surface area contributed by atoms with E-state index in [0.29, 0.717) is 5.92 Å². The predicted molar refractivity (Wildman–Crippen MR) is 44.2 cm³/mol. The smallest absolute Gasteiger partial charge is 0.0801 e. The Morgan fingerprint density at radius 2 is 2.10 bits per heavy atom. The van der Waals surface area contributed by atoms with Gasteiger partial charge in [0.05, 0.1) is 6.61 Å². The molecule has 10 heavy (non-hydrogen) atoms. The predicted octanol–water partition coefficient (Wildman–Crippen LogP) is 3.13. The van der Waals surface area contributed by atoms with E-state index >= 15 is 0 Å². The molecular weight excluding hydrogens is 124 g/mol. The highest BCUT2D eigenvalue weighted by atomic mass is 16.3. The van der Waals surface area contributed by atoms with Crippen molar-refractivity contribution in [3.63, 3.8) is 0 Å². The van der Waals surface area contributed by atoms with Gasteiger partial charge in [0.2, 0.25) is 0 Å². The lowest BCUT2D eigenvalue weighted by Crippen LogP contribution is -1.98. The largest absolute Gasteiger partial charge is 0.390 e. The van der Waals surface area contributed by atoms with Crippen LogP contribution in [0.3, 0.4) is 0 Å². The van der Waals surface area contributed by atoms with Crippen molar-refractivity contribution in [3.8, 4) is 0 Å². The summed E-state index contributed by atoms with van der Waals surface area (Å²) in [6, 6.07) is 0. The summed E-state index contributed by atoms with van der Waals surface area (Å²) in [5.41, 5.74) is 0. The molecule has 1 radical (unpaired) electrons. The van der Waals surface area contributed by atoms with Crippen LogP contribution >= 0.6 is 0 Å². The molecular formula is C9H19O. The van der Waals surface area contributed by atoms with Gasteiger partial charge in [0.25, 0.3) is 0 Å². The summed E-state index contributed by atoms with van der Waals surface area (Å²) < 4.78 is 0. The van der Waals surface area contributed by atoms with Gasteiger partial charge in [-0.05, 0) is 12.3 Å². The molecule has 1 heteroatoms. The highest BCUT2D eigenvalue weighted by Gasteiger charge is 2.03. The number of hydrogen-bond donors (Lipinski definition) is 1. The summed E-state index contributed by atoms with van der Waals surface area (Å²) in [5, 5.41) is 8.54. The Morgan fingerprint density at radius 3 is 2.50 bits per heavy atom. The molecule has 0 rings (SSSR count). The van der Waals surface area contributed by atoms with Crippen LogP contribution in [0.4, 0.5) is 0 Å². The second-order valence-electron chi connectivity index (χ2n) is 2.83. The van der Waals surface area contributed by atoms with Crippen molar-refractivity contribution in [1.82, 2.24) is 0 Å². The number of aliphatic hydroxyl groups is 1. The molecule has 0 aliphatic carbocycles. The monoisotopic (exact) mass is 143 g/mol. The third-order valence-corrected chi connectivity index (χ3v) is 1.98. The van der Waals surface area contributed by atoms with Crippen molar-refractivity contribution in [2.45, 2.75) is 46.0 Å². The molecule has 0 aromatic carbocycles. The zero-order valence-corrected chi connectivity index (χ0v) is 7.14. The van der Waals surface area contributed by atoms with Crippen molar-refractivity contribution < 1.29 is 5.11 Å². The average molecular weight is 143 g/mol. The van der Waals surface area contributed by atoms with Crippen LogP contribution in [0.2, 0.25) is 0 Å². The standard InChI is InChI=1S/C9H19O/c1-3-5-6-9(4-2)7-8-10/h8-10H,3-7H2,1-2H3.